The molecule has 86 heavy (non-hydrogen) atoms. The Bertz CT molecular complexity index is 1680. The van der Waals surface area contributed by atoms with Crippen LogP contribution in [0.2, 0.25) is 0 Å². The highest BCUT2D eigenvalue weighted by molar-refractivity contribution is 5.76. The largest absolute Gasteiger partial charge is 0.394 e. The summed E-state index contributed by atoms with van der Waals surface area (Å²) >= 11 is 0. The fraction of sp³-hybridized carbons (Fsp3) is 0.779. The molecule has 0 saturated carbocycles. The van der Waals surface area contributed by atoms with Gasteiger partial charge in [-0.25, -0.2) is 0 Å². The number of aliphatic hydroxyl groups is 5. The molecular formula is C77H137NO8. The SMILES string of the molecule is CC/C=C\C/C=C\C/C=C\C/C=C\C/C=C\C/C=C\CCCCCCCCCCCCCCC(=O)NC(COC1OC(CO)C(O)C(O)C1O)C(O)/C=C/CC/C=C/CCCCCCCCCCCCCCCCCCCCCCCCCCCC. The van der Waals surface area contributed by atoms with Crippen molar-refractivity contribution in [2.75, 3.05) is 13.2 Å². The second kappa shape index (κ2) is 65.1. The van der Waals surface area contributed by atoms with Crippen molar-refractivity contribution in [1.29, 1.82) is 0 Å². The minimum atomic E-state index is -1.58. The van der Waals surface area contributed by atoms with E-state index in [0.717, 1.165) is 77.0 Å². The van der Waals surface area contributed by atoms with Crippen LogP contribution in [0.5, 0.6) is 0 Å². The fourth-order valence-corrected chi connectivity index (χ4v) is 11.2. The fourth-order valence-electron chi connectivity index (χ4n) is 11.2. The van der Waals surface area contributed by atoms with Crippen LogP contribution in [0.15, 0.2) is 97.2 Å². The van der Waals surface area contributed by atoms with E-state index in [0.29, 0.717) is 6.42 Å². The Balaban J connectivity index is 2.15. The van der Waals surface area contributed by atoms with Gasteiger partial charge in [-0.1, -0.05) is 336 Å². The lowest BCUT2D eigenvalue weighted by atomic mass is 9.99. The minimum Gasteiger partial charge on any atom is -0.394 e. The third-order valence-electron chi connectivity index (χ3n) is 16.9. The summed E-state index contributed by atoms with van der Waals surface area (Å²) in [5, 5.41) is 54.8. The van der Waals surface area contributed by atoms with Crippen molar-refractivity contribution in [2.24, 2.45) is 0 Å². The van der Waals surface area contributed by atoms with Crippen molar-refractivity contribution in [1.82, 2.24) is 5.32 Å². The Morgan fingerprint density at radius 2 is 0.733 bits per heavy atom. The van der Waals surface area contributed by atoms with Crippen LogP contribution in [0.25, 0.3) is 0 Å². The van der Waals surface area contributed by atoms with Crippen LogP contribution in [-0.4, -0.2) is 87.5 Å². The molecule has 9 nitrogen and oxygen atoms in total. The molecule has 0 aromatic rings. The van der Waals surface area contributed by atoms with Crippen molar-refractivity contribution in [3.63, 3.8) is 0 Å². The van der Waals surface area contributed by atoms with Crippen molar-refractivity contribution in [3.8, 4) is 0 Å². The van der Waals surface area contributed by atoms with Crippen LogP contribution in [-0.2, 0) is 14.3 Å². The zero-order valence-electron chi connectivity index (χ0n) is 55.8. The summed E-state index contributed by atoms with van der Waals surface area (Å²) in [5.74, 6) is -0.189. The summed E-state index contributed by atoms with van der Waals surface area (Å²) in [5.41, 5.74) is 0. The van der Waals surface area contributed by atoms with Crippen molar-refractivity contribution >= 4 is 5.91 Å². The lowest BCUT2D eigenvalue weighted by Gasteiger charge is -2.40. The second-order valence-electron chi connectivity index (χ2n) is 25.0. The van der Waals surface area contributed by atoms with Gasteiger partial charge in [0.2, 0.25) is 5.91 Å². The molecule has 0 aromatic heterocycles. The maximum atomic E-state index is 13.1. The molecule has 0 radical (unpaired) electrons. The predicted octanol–water partition coefficient (Wildman–Crippen LogP) is 20.3. The van der Waals surface area contributed by atoms with E-state index in [1.54, 1.807) is 6.08 Å². The van der Waals surface area contributed by atoms with E-state index in [4.69, 9.17) is 9.47 Å². The maximum Gasteiger partial charge on any atom is 0.220 e. The van der Waals surface area contributed by atoms with Gasteiger partial charge in [-0.3, -0.25) is 4.79 Å². The molecule has 1 heterocycles. The number of carbonyl (C=O) groups excluding carboxylic acids is 1. The molecule has 0 bridgehead atoms. The van der Waals surface area contributed by atoms with E-state index in [-0.39, 0.29) is 12.5 Å². The summed E-state index contributed by atoms with van der Waals surface area (Å²) < 4.78 is 11.3. The van der Waals surface area contributed by atoms with Gasteiger partial charge in [0.15, 0.2) is 6.29 Å². The van der Waals surface area contributed by atoms with Crippen molar-refractivity contribution < 1.29 is 39.8 Å². The van der Waals surface area contributed by atoms with Crippen LogP contribution in [0.3, 0.4) is 0 Å². The van der Waals surface area contributed by atoms with E-state index in [1.807, 2.05) is 6.08 Å². The Labute approximate surface area is 530 Å². The number of rotatable bonds is 63. The molecule has 498 valence electrons. The zero-order valence-corrected chi connectivity index (χ0v) is 55.8. The quantitative estimate of drug-likeness (QED) is 0.0261. The topological polar surface area (TPSA) is 149 Å². The molecule has 7 atom stereocenters. The normalized spacial score (nSPS) is 18.6. The zero-order chi connectivity index (χ0) is 62.1. The summed E-state index contributed by atoms with van der Waals surface area (Å²) in [4.78, 5) is 13.1. The molecule has 7 unspecified atom stereocenters. The molecule has 9 heteroatoms. The smallest absolute Gasteiger partial charge is 0.220 e. The summed E-state index contributed by atoms with van der Waals surface area (Å²) in [7, 11) is 0. The molecule has 1 saturated heterocycles. The number of amides is 1. The first-order valence-electron chi connectivity index (χ1n) is 36.5. The van der Waals surface area contributed by atoms with Gasteiger partial charge >= 0.3 is 0 Å². The second-order valence-corrected chi connectivity index (χ2v) is 25.0. The Morgan fingerprint density at radius 1 is 0.407 bits per heavy atom. The number of carbonyl (C=O) groups is 1. The minimum absolute atomic E-state index is 0.189. The lowest BCUT2D eigenvalue weighted by Crippen LogP contribution is -2.60. The lowest BCUT2D eigenvalue weighted by molar-refractivity contribution is -0.302. The highest BCUT2D eigenvalue weighted by Crippen LogP contribution is 2.23. The predicted molar refractivity (Wildman–Crippen MR) is 368 cm³/mol. The van der Waals surface area contributed by atoms with Gasteiger partial charge in [-0.15, -0.1) is 0 Å². The Morgan fingerprint density at radius 3 is 1.12 bits per heavy atom. The van der Waals surface area contributed by atoms with Crippen molar-refractivity contribution in [2.45, 2.75) is 371 Å². The Kier molecular flexibility index (Phi) is 61.4. The maximum absolute atomic E-state index is 13.1. The monoisotopic (exact) mass is 1200 g/mol. The molecule has 1 rings (SSSR count). The summed E-state index contributed by atoms with van der Waals surface area (Å²) in [6.07, 6.45) is 88.1. The van der Waals surface area contributed by atoms with Gasteiger partial charge in [-0.05, 0) is 83.5 Å². The van der Waals surface area contributed by atoms with E-state index >= 15 is 0 Å². The van der Waals surface area contributed by atoms with Crippen LogP contribution < -0.4 is 5.32 Å². The molecule has 1 aliphatic rings. The van der Waals surface area contributed by atoms with Crippen LogP contribution in [0, 0.1) is 0 Å². The number of hydrogen-bond acceptors (Lipinski definition) is 8. The van der Waals surface area contributed by atoms with Gasteiger partial charge in [-0.2, -0.15) is 0 Å². The average molecular weight is 1200 g/mol. The summed E-state index contributed by atoms with van der Waals surface area (Å²) in [6, 6.07) is -0.831. The average Bonchev–Trinajstić information content (AvgIpc) is 3.59. The number of allylic oxidation sites excluding steroid dienone is 15. The highest BCUT2D eigenvalue weighted by Gasteiger charge is 2.44. The third-order valence-corrected chi connectivity index (χ3v) is 16.9. The number of ether oxygens (including phenoxy) is 2. The molecular weight excluding hydrogens is 1070 g/mol. The standard InChI is InChI=1S/C77H137NO8/c1-3-5-7-9-11-13-15-17-19-21-23-25-27-29-31-33-35-37-38-40-42-44-46-48-50-52-54-56-58-60-62-64-66-71(80)70(69-85-77-76(84)75(83)74(82)72(68-79)86-77)78-73(81)67-65-63-61-59-57-55-53-51-49-47-45-43-41-39-36-34-32-30-28-26-24-22-20-18-16-14-12-10-8-6-4-2/h6,8,12,14,18,20,24,26,30,32,36,39,56,58,64,66,70-72,74-77,79-80,82-84H,3-5,7,9-11,13,15-17,19,21-23,25,27-29,31,33-35,37-38,40-55,57,59-63,65,67-69H2,1-2H3,(H,78,81)/b8-6-,14-12-,20-18-,26-24-,32-30-,39-36-,58-56+,66-64+. The van der Waals surface area contributed by atoms with Gasteiger partial charge in [0.25, 0.3) is 0 Å². The first-order chi connectivity index (χ1) is 42.3. The van der Waals surface area contributed by atoms with E-state index in [1.165, 1.54) is 231 Å². The van der Waals surface area contributed by atoms with Crippen LogP contribution in [0.4, 0.5) is 0 Å². The van der Waals surface area contributed by atoms with Crippen LogP contribution >= 0.6 is 0 Å². The number of aliphatic hydroxyl groups excluding tert-OH is 5. The van der Waals surface area contributed by atoms with Crippen LogP contribution in [0.1, 0.15) is 328 Å². The van der Waals surface area contributed by atoms with E-state index in [9.17, 15) is 30.3 Å². The third kappa shape index (κ3) is 53.0. The van der Waals surface area contributed by atoms with Crippen molar-refractivity contribution in [3.05, 3.63) is 97.2 Å². The van der Waals surface area contributed by atoms with Gasteiger partial charge in [0, 0.05) is 6.42 Å². The first kappa shape index (κ1) is 81.1. The molecule has 0 aliphatic carbocycles. The molecule has 6 N–H and O–H groups in total. The molecule has 1 fully saturated rings. The highest BCUT2D eigenvalue weighted by atomic mass is 16.7. The van der Waals surface area contributed by atoms with Gasteiger partial charge < -0.3 is 40.3 Å². The van der Waals surface area contributed by atoms with Gasteiger partial charge in [0.1, 0.15) is 24.4 Å². The summed E-state index contributed by atoms with van der Waals surface area (Å²) in [6.45, 7) is 3.68. The molecule has 1 aliphatic heterocycles. The Hall–Kier alpha value is -2.89. The molecule has 0 aromatic carbocycles. The molecule has 0 spiro atoms. The molecule has 1 amide bonds. The van der Waals surface area contributed by atoms with Gasteiger partial charge in [0.05, 0.1) is 25.4 Å². The number of nitrogens with one attached hydrogen (secondary N) is 1. The number of hydrogen-bond donors (Lipinski definition) is 6. The first-order valence-corrected chi connectivity index (χ1v) is 36.5. The number of unbranched alkanes of at least 4 members (excludes halogenated alkanes) is 39. The van der Waals surface area contributed by atoms with E-state index < -0.39 is 49.5 Å². The van der Waals surface area contributed by atoms with E-state index in [2.05, 4.69) is 104 Å².